The van der Waals surface area contributed by atoms with Gasteiger partial charge in [0.05, 0.1) is 7.11 Å². The van der Waals surface area contributed by atoms with E-state index in [0.29, 0.717) is 11.4 Å². The van der Waals surface area contributed by atoms with Crippen molar-refractivity contribution in [2.24, 2.45) is 5.92 Å². The van der Waals surface area contributed by atoms with Gasteiger partial charge in [0.1, 0.15) is 17.7 Å². The van der Waals surface area contributed by atoms with Crippen LogP contribution < -0.4 is 5.32 Å². The normalized spacial score (nSPS) is 13.5. The lowest BCUT2D eigenvalue weighted by atomic mass is 10.0. The van der Waals surface area contributed by atoms with Crippen molar-refractivity contribution in [1.29, 1.82) is 0 Å². The van der Waals surface area contributed by atoms with Gasteiger partial charge >= 0.3 is 12.1 Å². The molecule has 1 aromatic carbocycles. The third kappa shape index (κ3) is 7.61. The van der Waals surface area contributed by atoms with E-state index in [0.717, 1.165) is 15.6 Å². The molecule has 2 atom stereocenters. The molecule has 2 aromatic rings. The summed E-state index contributed by atoms with van der Waals surface area (Å²) >= 11 is 7.73. The number of methoxy groups -OCH3 is 1. The first-order valence-corrected chi connectivity index (χ1v) is 12.1. The molecule has 0 spiro atoms. The number of nitrogens with one attached hydrogen (secondary N) is 1. The summed E-state index contributed by atoms with van der Waals surface area (Å²) in [4.78, 5) is 39.8. The molecular weight excluding hydrogens is 464 g/mol. The summed E-state index contributed by atoms with van der Waals surface area (Å²) in [7, 11) is 2.81. The molecule has 0 saturated carbocycles. The van der Waals surface area contributed by atoms with E-state index in [1.54, 1.807) is 20.8 Å². The van der Waals surface area contributed by atoms with Gasteiger partial charge in [0.15, 0.2) is 0 Å². The van der Waals surface area contributed by atoms with Crippen LogP contribution in [0.25, 0.3) is 10.1 Å². The monoisotopic (exact) mass is 496 g/mol. The van der Waals surface area contributed by atoms with Gasteiger partial charge in [0.25, 0.3) is 0 Å². The van der Waals surface area contributed by atoms with Crippen LogP contribution in [0.3, 0.4) is 0 Å². The van der Waals surface area contributed by atoms with Crippen LogP contribution in [0.5, 0.6) is 0 Å². The van der Waals surface area contributed by atoms with Crippen LogP contribution in [0.2, 0.25) is 5.02 Å². The number of nitrogens with zero attached hydrogens (tertiary/aromatic N) is 1. The van der Waals surface area contributed by atoms with E-state index in [2.05, 4.69) is 5.32 Å². The molecule has 0 unspecified atom stereocenters. The summed E-state index contributed by atoms with van der Waals surface area (Å²) in [6.45, 7) is 9.19. The molecule has 7 nitrogen and oxygen atoms in total. The Kier molecular flexibility index (Phi) is 9.14. The highest BCUT2D eigenvalue weighted by Crippen LogP contribution is 2.30. The molecule has 0 radical (unpaired) electrons. The Hall–Kier alpha value is -2.32. The van der Waals surface area contributed by atoms with Crippen molar-refractivity contribution in [1.82, 2.24) is 10.2 Å². The molecular formula is C24H33ClN2O5S. The van der Waals surface area contributed by atoms with Gasteiger partial charge in [-0.2, -0.15) is 0 Å². The molecule has 0 aliphatic heterocycles. The van der Waals surface area contributed by atoms with Gasteiger partial charge in [-0.05, 0) is 67.6 Å². The van der Waals surface area contributed by atoms with Crippen molar-refractivity contribution >= 4 is 51.0 Å². The van der Waals surface area contributed by atoms with E-state index < -0.39 is 35.7 Å². The van der Waals surface area contributed by atoms with Crippen molar-refractivity contribution < 1.29 is 23.9 Å². The van der Waals surface area contributed by atoms with E-state index in [4.69, 9.17) is 21.1 Å². The van der Waals surface area contributed by atoms with Crippen LogP contribution in [0.15, 0.2) is 23.6 Å². The summed E-state index contributed by atoms with van der Waals surface area (Å²) in [6, 6.07) is 3.87. The zero-order valence-corrected chi connectivity index (χ0v) is 21.8. The maximum Gasteiger partial charge on any atom is 0.410 e. The molecule has 1 aromatic heterocycles. The standard InChI is InChI=1S/C24H33ClN2O5S/c1-14(2)10-18(22(29)31-7)26-21(28)19(27(6)23(30)32-24(3,4)5)11-15-13-33-20-9-8-16(25)12-17(15)20/h8-9,12-14,18-19H,10-11H2,1-7H3,(H,26,28)/t18-,19-/m1/s1. The maximum atomic E-state index is 13.4. The predicted molar refractivity (Wildman–Crippen MR) is 132 cm³/mol. The molecule has 0 bridgehead atoms. The average Bonchev–Trinajstić information content (AvgIpc) is 3.10. The van der Waals surface area contributed by atoms with Crippen LogP contribution in [-0.2, 0) is 25.5 Å². The topological polar surface area (TPSA) is 84.9 Å². The molecule has 1 N–H and O–H groups in total. The van der Waals surface area contributed by atoms with Crippen molar-refractivity contribution in [2.45, 2.75) is 65.1 Å². The Morgan fingerprint density at radius 2 is 1.88 bits per heavy atom. The summed E-state index contributed by atoms with van der Waals surface area (Å²) < 4.78 is 11.4. The Labute approximate surface area is 204 Å². The van der Waals surface area contributed by atoms with Crippen LogP contribution in [0, 0.1) is 5.92 Å². The fourth-order valence-electron chi connectivity index (χ4n) is 3.38. The highest BCUT2D eigenvalue weighted by atomic mass is 35.5. The molecule has 182 valence electrons. The lowest BCUT2D eigenvalue weighted by Crippen LogP contribution is -2.54. The SMILES string of the molecule is COC(=O)[C@@H](CC(C)C)NC(=O)[C@@H](Cc1csc2ccc(Cl)cc12)N(C)C(=O)OC(C)(C)C. The number of ether oxygens (including phenoxy) is 2. The number of amides is 2. The summed E-state index contributed by atoms with van der Waals surface area (Å²) in [5.74, 6) is -0.830. The molecule has 33 heavy (non-hydrogen) atoms. The number of hydrogen-bond acceptors (Lipinski definition) is 6. The first-order valence-electron chi connectivity index (χ1n) is 10.8. The van der Waals surface area contributed by atoms with E-state index in [-0.39, 0.29) is 12.3 Å². The van der Waals surface area contributed by atoms with Gasteiger partial charge in [-0.15, -0.1) is 11.3 Å². The van der Waals surface area contributed by atoms with Gasteiger partial charge in [0, 0.05) is 23.2 Å². The van der Waals surface area contributed by atoms with Gasteiger partial charge in [-0.3, -0.25) is 9.69 Å². The lowest BCUT2D eigenvalue weighted by molar-refractivity contribution is -0.146. The van der Waals surface area contributed by atoms with E-state index in [1.807, 2.05) is 37.4 Å². The molecule has 1 heterocycles. The number of likely N-dealkylation sites (N-methyl/N-ethyl adjacent to an activating group) is 1. The third-order valence-corrected chi connectivity index (χ3v) is 6.24. The molecule has 2 amide bonds. The van der Waals surface area contributed by atoms with E-state index >= 15 is 0 Å². The average molecular weight is 497 g/mol. The number of esters is 1. The Bertz CT molecular complexity index is 998. The summed E-state index contributed by atoms with van der Waals surface area (Å²) in [5.41, 5.74) is 0.160. The second kappa shape index (κ2) is 11.2. The van der Waals surface area contributed by atoms with E-state index in [9.17, 15) is 14.4 Å². The second-order valence-corrected chi connectivity index (χ2v) is 10.8. The van der Waals surface area contributed by atoms with Crippen LogP contribution in [-0.4, -0.2) is 54.7 Å². The zero-order chi connectivity index (χ0) is 24.9. The Morgan fingerprint density at radius 3 is 2.45 bits per heavy atom. The first-order chi connectivity index (χ1) is 15.3. The van der Waals surface area contributed by atoms with Gasteiger partial charge < -0.3 is 14.8 Å². The fraction of sp³-hybridized carbons (Fsp3) is 0.542. The minimum Gasteiger partial charge on any atom is -0.467 e. The summed E-state index contributed by atoms with van der Waals surface area (Å²) in [6.07, 6.45) is 0.0224. The molecule has 0 aliphatic carbocycles. The number of carbonyl (C=O) groups is 3. The predicted octanol–water partition coefficient (Wildman–Crippen LogP) is 5.04. The smallest absolute Gasteiger partial charge is 0.410 e. The lowest BCUT2D eigenvalue weighted by Gasteiger charge is -2.31. The maximum absolute atomic E-state index is 13.4. The minimum absolute atomic E-state index is 0.152. The number of fused-ring (bicyclic) bond motifs is 1. The third-order valence-electron chi connectivity index (χ3n) is 4.99. The zero-order valence-electron chi connectivity index (χ0n) is 20.2. The molecule has 9 heteroatoms. The van der Waals surface area contributed by atoms with Crippen molar-refractivity contribution in [3.05, 3.63) is 34.2 Å². The number of halogens is 1. The van der Waals surface area contributed by atoms with E-state index in [1.165, 1.54) is 30.4 Å². The second-order valence-electron chi connectivity index (χ2n) is 9.43. The van der Waals surface area contributed by atoms with Crippen molar-refractivity contribution in [3.8, 4) is 0 Å². The Morgan fingerprint density at radius 1 is 1.21 bits per heavy atom. The highest BCUT2D eigenvalue weighted by Gasteiger charge is 2.34. The Balaban J connectivity index is 2.38. The quantitative estimate of drug-likeness (QED) is 0.518. The number of rotatable bonds is 8. The van der Waals surface area contributed by atoms with Gasteiger partial charge in [-0.25, -0.2) is 9.59 Å². The molecule has 2 rings (SSSR count). The minimum atomic E-state index is -0.907. The number of benzene rings is 1. The number of thiophene rings is 1. The van der Waals surface area contributed by atoms with Crippen LogP contribution in [0.1, 0.15) is 46.6 Å². The van der Waals surface area contributed by atoms with Crippen molar-refractivity contribution in [3.63, 3.8) is 0 Å². The number of carbonyl (C=O) groups excluding carboxylic acids is 3. The van der Waals surface area contributed by atoms with Crippen LogP contribution in [0.4, 0.5) is 4.79 Å². The highest BCUT2D eigenvalue weighted by molar-refractivity contribution is 7.17. The van der Waals surface area contributed by atoms with Gasteiger partial charge in [0.2, 0.25) is 5.91 Å². The number of hydrogen-bond donors (Lipinski definition) is 1. The molecule has 0 aliphatic rings. The van der Waals surface area contributed by atoms with Gasteiger partial charge in [-0.1, -0.05) is 25.4 Å². The largest absolute Gasteiger partial charge is 0.467 e. The van der Waals surface area contributed by atoms with Crippen molar-refractivity contribution in [2.75, 3.05) is 14.2 Å². The van der Waals surface area contributed by atoms with Crippen LogP contribution >= 0.6 is 22.9 Å². The fourth-order valence-corrected chi connectivity index (χ4v) is 4.51. The summed E-state index contributed by atoms with van der Waals surface area (Å²) in [5, 5.41) is 6.25. The molecule has 0 fully saturated rings. The molecule has 0 saturated heterocycles. The first kappa shape index (κ1) is 26.9.